The van der Waals surface area contributed by atoms with Gasteiger partial charge in [-0.2, -0.15) is 0 Å². The lowest BCUT2D eigenvalue weighted by molar-refractivity contribution is 0.184. The van der Waals surface area contributed by atoms with E-state index in [-0.39, 0.29) is 5.54 Å². The van der Waals surface area contributed by atoms with E-state index in [1.165, 1.54) is 17.8 Å². The molecule has 0 bridgehead atoms. The number of amides is 1. The van der Waals surface area contributed by atoms with Crippen LogP contribution in [0.2, 0.25) is 0 Å². The van der Waals surface area contributed by atoms with Crippen molar-refractivity contribution in [2.45, 2.75) is 45.2 Å². The number of carbonyl (C=O) groups is 1. The van der Waals surface area contributed by atoms with Crippen molar-refractivity contribution >= 4 is 6.09 Å². The quantitative estimate of drug-likeness (QED) is 0.847. The van der Waals surface area contributed by atoms with Crippen molar-refractivity contribution in [3.05, 3.63) is 54.1 Å². The van der Waals surface area contributed by atoms with Crippen LogP contribution in [-0.4, -0.2) is 26.3 Å². The highest BCUT2D eigenvalue weighted by Crippen LogP contribution is 2.30. The number of aromatic nitrogens is 2. The van der Waals surface area contributed by atoms with Gasteiger partial charge in [0.2, 0.25) is 0 Å². The Labute approximate surface area is 131 Å². The molecule has 5 heteroatoms. The SMILES string of the molecule is CC(C)(C)NC(=O)O.c1ccc(C2CCc3nccn32)cc1. The van der Waals surface area contributed by atoms with Crippen molar-refractivity contribution in [1.82, 2.24) is 14.9 Å². The normalized spacial score (nSPS) is 16.4. The topological polar surface area (TPSA) is 67.2 Å². The average Bonchev–Trinajstić information content (AvgIpc) is 2.99. The minimum absolute atomic E-state index is 0.328. The van der Waals surface area contributed by atoms with Crippen molar-refractivity contribution in [2.75, 3.05) is 0 Å². The number of fused-ring (bicyclic) bond motifs is 1. The first-order chi connectivity index (χ1) is 10.4. The third-order valence-corrected chi connectivity index (χ3v) is 3.39. The highest BCUT2D eigenvalue weighted by atomic mass is 16.4. The van der Waals surface area contributed by atoms with Crippen molar-refractivity contribution in [2.24, 2.45) is 0 Å². The van der Waals surface area contributed by atoms with Crippen LogP contribution in [0.4, 0.5) is 4.79 Å². The van der Waals surface area contributed by atoms with Gasteiger partial charge in [-0.25, -0.2) is 9.78 Å². The number of benzene rings is 1. The van der Waals surface area contributed by atoms with Gasteiger partial charge in [0, 0.05) is 24.4 Å². The van der Waals surface area contributed by atoms with E-state index in [9.17, 15) is 4.79 Å². The van der Waals surface area contributed by atoms with Gasteiger partial charge in [-0.05, 0) is 32.8 Å². The Morgan fingerprint density at radius 3 is 2.55 bits per heavy atom. The summed E-state index contributed by atoms with van der Waals surface area (Å²) in [6.45, 7) is 5.38. The summed E-state index contributed by atoms with van der Waals surface area (Å²) >= 11 is 0. The van der Waals surface area contributed by atoms with E-state index in [2.05, 4.69) is 51.4 Å². The molecule has 0 aliphatic carbocycles. The number of imidazole rings is 1. The summed E-state index contributed by atoms with van der Waals surface area (Å²) in [5.74, 6) is 1.22. The Morgan fingerprint density at radius 1 is 1.32 bits per heavy atom. The molecule has 2 N–H and O–H groups in total. The Bertz CT molecular complexity index is 614. The molecule has 1 aliphatic rings. The molecule has 1 aliphatic heterocycles. The monoisotopic (exact) mass is 301 g/mol. The fourth-order valence-corrected chi connectivity index (χ4v) is 2.55. The van der Waals surface area contributed by atoms with E-state index in [0.717, 1.165) is 6.42 Å². The minimum atomic E-state index is -0.975. The fraction of sp³-hybridized carbons (Fsp3) is 0.412. The van der Waals surface area contributed by atoms with Crippen LogP contribution in [0.5, 0.6) is 0 Å². The zero-order chi connectivity index (χ0) is 16.2. The number of hydrogen-bond acceptors (Lipinski definition) is 2. The Morgan fingerprint density at radius 2 is 2.00 bits per heavy atom. The van der Waals surface area contributed by atoms with Crippen LogP contribution >= 0.6 is 0 Å². The van der Waals surface area contributed by atoms with Gasteiger partial charge in [0.25, 0.3) is 0 Å². The van der Waals surface area contributed by atoms with Crippen LogP contribution in [0.3, 0.4) is 0 Å². The molecule has 1 amide bonds. The lowest BCUT2D eigenvalue weighted by Crippen LogP contribution is -2.39. The number of carboxylic acid groups (broad SMARTS) is 1. The molecule has 1 aromatic carbocycles. The highest BCUT2D eigenvalue weighted by Gasteiger charge is 2.22. The van der Waals surface area contributed by atoms with Gasteiger partial charge in [0.05, 0.1) is 6.04 Å². The molecule has 2 aromatic rings. The summed E-state index contributed by atoms with van der Waals surface area (Å²) in [7, 11) is 0. The Kier molecular flexibility index (Phi) is 4.85. The molecule has 3 rings (SSSR count). The van der Waals surface area contributed by atoms with Gasteiger partial charge in [-0.3, -0.25) is 0 Å². The Balaban J connectivity index is 0.000000192. The molecule has 0 radical (unpaired) electrons. The molecule has 0 spiro atoms. The predicted octanol–water partition coefficient (Wildman–Crippen LogP) is 3.47. The maximum absolute atomic E-state index is 9.90. The molecular formula is C17H23N3O2. The van der Waals surface area contributed by atoms with Crippen LogP contribution < -0.4 is 5.32 Å². The van der Waals surface area contributed by atoms with Gasteiger partial charge in [0.1, 0.15) is 5.82 Å². The summed E-state index contributed by atoms with van der Waals surface area (Å²) in [4.78, 5) is 14.2. The minimum Gasteiger partial charge on any atom is -0.465 e. The van der Waals surface area contributed by atoms with Crippen LogP contribution in [0.1, 0.15) is 44.6 Å². The van der Waals surface area contributed by atoms with Crippen LogP contribution in [-0.2, 0) is 6.42 Å². The molecule has 2 heterocycles. The second-order valence-corrected chi connectivity index (χ2v) is 6.40. The van der Waals surface area contributed by atoms with Crippen LogP contribution in [0.15, 0.2) is 42.7 Å². The molecule has 118 valence electrons. The van der Waals surface area contributed by atoms with E-state index < -0.39 is 6.09 Å². The average molecular weight is 301 g/mol. The standard InChI is InChI=1S/C12H12N2.C5H11NO2/c1-2-4-10(5-3-1)11-6-7-12-13-8-9-14(11)12;1-5(2,3)6-4(7)8/h1-5,8-9,11H,6-7H2;6H,1-3H3,(H,7,8). The molecule has 1 atom stereocenters. The van der Waals surface area contributed by atoms with E-state index in [1.54, 1.807) is 20.8 Å². The molecule has 0 saturated heterocycles. The summed E-state index contributed by atoms with van der Waals surface area (Å²) in [6.07, 6.45) is 5.29. The molecule has 0 fully saturated rings. The third kappa shape index (κ3) is 4.35. The first-order valence-corrected chi connectivity index (χ1v) is 7.44. The lowest BCUT2D eigenvalue weighted by Gasteiger charge is -2.16. The molecule has 0 saturated carbocycles. The van der Waals surface area contributed by atoms with E-state index in [1.807, 2.05) is 6.20 Å². The van der Waals surface area contributed by atoms with Crippen LogP contribution in [0.25, 0.3) is 0 Å². The number of nitrogens with zero attached hydrogens (tertiary/aromatic N) is 2. The molecule has 22 heavy (non-hydrogen) atoms. The van der Waals surface area contributed by atoms with Gasteiger partial charge < -0.3 is 15.0 Å². The van der Waals surface area contributed by atoms with Gasteiger partial charge in [-0.15, -0.1) is 0 Å². The van der Waals surface area contributed by atoms with Crippen molar-refractivity contribution in [3.63, 3.8) is 0 Å². The lowest BCUT2D eigenvalue weighted by atomic mass is 10.1. The first-order valence-electron chi connectivity index (χ1n) is 7.44. The first kappa shape index (κ1) is 16.1. The number of aryl methyl sites for hydroxylation is 1. The highest BCUT2D eigenvalue weighted by molar-refractivity contribution is 5.65. The number of rotatable bonds is 1. The maximum Gasteiger partial charge on any atom is 0.405 e. The molecular weight excluding hydrogens is 278 g/mol. The maximum atomic E-state index is 9.90. The second-order valence-electron chi connectivity index (χ2n) is 6.40. The molecule has 1 aromatic heterocycles. The van der Waals surface area contributed by atoms with Crippen LogP contribution in [0, 0.1) is 0 Å². The second kappa shape index (κ2) is 6.64. The predicted molar refractivity (Wildman–Crippen MR) is 86.0 cm³/mol. The molecule has 5 nitrogen and oxygen atoms in total. The van der Waals surface area contributed by atoms with Crippen molar-refractivity contribution in [3.8, 4) is 0 Å². The zero-order valence-electron chi connectivity index (χ0n) is 13.3. The summed E-state index contributed by atoms with van der Waals surface area (Å²) in [5.41, 5.74) is 1.07. The number of hydrogen-bond donors (Lipinski definition) is 2. The number of nitrogens with one attached hydrogen (secondary N) is 1. The van der Waals surface area contributed by atoms with Gasteiger partial charge in [-0.1, -0.05) is 30.3 Å². The smallest absolute Gasteiger partial charge is 0.405 e. The summed E-state index contributed by atoms with van der Waals surface area (Å²) in [6, 6.07) is 11.2. The van der Waals surface area contributed by atoms with E-state index in [4.69, 9.17) is 5.11 Å². The van der Waals surface area contributed by atoms with Gasteiger partial charge in [0.15, 0.2) is 0 Å². The van der Waals surface area contributed by atoms with Gasteiger partial charge >= 0.3 is 6.09 Å². The largest absolute Gasteiger partial charge is 0.465 e. The fourth-order valence-electron chi connectivity index (χ4n) is 2.55. The summed E-state index contributed by atoms with van der Waals surface area (Å²) < 4.78 is 2.29. The molecule has 1 unspecified atom stereocenters. The van der Waals surface area contributed by atoms with E-state index >= 15 is 0 Å². The van der Waals surface area contributed by atoms with Crippen molar-refractivity contribution in [1.29, 1.82) is 0 Å². The zero-order valence-corrected chi connectivity index (χ0v) is 13.3. The van der Waals surface area contributed by atoms with E-state index in [0.29, 0.717) is 6.04 Å². The third-order valence-electron chi connectivity index (χ3n) is 3.39. The van der Waals surface area contributed by atoms with Crippen molar-refractivity contribution < 1.29 is 9.90 Å². The summed E-state index contributed by atoms with van der Waals surface area (Å²) in [5, 5.41) is 10.4. The Hall–Kier alpha value is -2.30.